The van der Waals surface area contributed by atoms with Gasteiger partial charge >= 0.3 is 0 Å². The third-order valence-corrected chi connectivity index (χ3v) is 5.39. The standard InChI is InChI=1S/C16H27NOS/c1-4-19-15-8-5-11(2)9-14(15)12(3)16(18)17-10-13-6-7-13/h11-13H,4-10H2,1-3H3,(H,17,18). The van der Waals surface area contributed by atoms with E-state index in [0.29, 0.717) is 0 Å². The summed E-state index contributed by atoms with van der Waals surface area (Å²) >= 11 is 1.94. The van der Waals surface area contributed by atoms with Crippen LogP contribution in [0.2, 0.25) is 0 Å². The smallest absolute Gasteiger partial charge is 0.226 e. The summed E-state index contributed by atoms with van der Waals surface area (Å²) < 4.78 is 0. The number of hydrogen-bond donors (Lipinski definition) is 1. The van der Waals surface area contributed by atoms with E-state index in [4.69, 9.17) is 0 Å². The van der Waals surface area contributed by atoms with E-state index in [0.717, 1.165) is 30.6 Å². The Hall–Kier alpha value is -0.440. The SMILES string of the molecule is CCSC1=C(C(C)C(=O)NCC2CC2)CC(C)CC1. The molecule has 0 aromatic carbocycles. The second kappa shape index (κ2) is 6.83. The lowest BCUT2D eigenvalue weighted by Crippen LogP contribution is -2.33. The van der Waals surface area contributed by atoms with Crippen molar-refractivity contribution >= 4 is 17.7 Å². The third kappa shape index (κ3) is 4.27. The molecular weight excluding hydrogens is 254 g/mol. The minimum atomic E-state index is 0.0653. The van der Waals surface area contributed by atoms with Crippen LogP contribution < -0.4 is 5.32 Å². The maximum Gasteiger partial charge on any atom is 0.226 e. The van der Waals surface area contributed by atoms with Gasteiger partial charge in [-0.25, -0.2) is 0 Å². The normalized spacial score (nSPS) is 25.3. The first kappa shape index (κ1) is 15.0. The van der Waals surface area contributed by atoms with Gasteiger partial charge in [0.1, 0.15) is 0 Å². The fourth-order valence-corrected chi connectivity index (χ4v) is 3.82. The van der Waals surface area contributed by atoms with Crippen molar-refractivity contribution < 1.29 is 4.79 Å². The van der Waals surface area contributed by atoms with Gasteiger partial charge in [0, 0.05) is 6.54 Å². The van der Waals surface area contributed by atoms with Gasteiger partial charge < -0.3 is 5.32 Å². The summed E-state index contributed by atoms with van der Waals surface area (Å²) in [5, 5.41) is 3.14. The van der Waals surface area contributed by atoms with E-state index in [1.54, 1.807) is 0 Å². The first-order valence-corrected chi connectivity index (χ1v) is 8.72. The molecule has 0 saturated heterocycles. The zero-order valence-electron chi connectivity index (χ0n) is 12.5. The van der Waals surface area contributed by atoms with Crippen LogP contribution >= 0.6 is 11.8 Å². The Bertz CT molecular complexity index is 360. The molecule has 108 valence electrons. The molecule has 0 aromatic rings. The molecule has 1 amide bonds. The summed E-state index contributed by atoms with van der Waals surface area (Å²) in [7, 11) is 0. The summed E-state index contributed by atoms with van der Waals surface area (Å²) in [6.07, 6.45) is 6.16. The average Bonchev–Trinajstić information content (AvgIpc) is 3.21. The number of carbonyl (C=O) groups is 1. The summed E-state index contributed by atoms with van der Waals surface area (Å²) in [5.41, 5.74) is 1.42. The van der Waals surface area contributed by atoms with E-state index < -0.39 is 0 Å². The van der Waals surface area contributed by atoms with Crippen LogP contribution in [-0.2, 0) is 4.79 Å². The van der Waals surface area contributed by atoms with Gasteiger partial charge in [-0.1, -0.05) is 13.8 Å². The second-order valence-electron chi connectivity index (χ2n) is 6.14. The van der Waals surface area contributed by atoms with Gasteiger partial charge in [-0.15, -0.1) is 11.8 Å². The lowest BCUT2D eigenvalue weighted by atomic mass is 9.84. The molecule has 1 fully saturated rings. The predicted molar refractivity (Wildman–Crippen MR) is 83.1 cm³/mol. The molecule has 2 aliphatic carbocycles. The Morgan fingerprint density at radius 2 is 2.16 bits per heavy atom. The molecule has 19 heavy (non-hydrogen) atoms. The second-order valence-corrected chi connectivity index (χ2v) is 7.50. The van der Waals surface area contributed by atoms with Gasteiger partial charge in [0.15, 0.2) is 0 Å². The van der Waals surface area contributed by atoms with E-state index >= 15 is 0 Å². The number of carbonyl (C=O) groups excluding carboxylic acids is 1. The molecule has 0 radical (unpaired) electrons. The summed E-state index contributed by atoms with van der Waals surface area (Å²) in [5.74, 6) is 2.92. The first-order valence-electron chi connectivity index (χ1n) is 7.74. The highest BCUT2D eigenvalue weighted by atomic mass is 32.2. The lowest BCUT2D eigenvalue weighted by Gasteiger charge is -2.28. The lowest BCUT2D eigenvalue weighted by molar-refractivity contribution is -0.123. The van der Waals surface area contributed by atoms with Gasteiger partial charge in [-0.2, -0.15) is 0 Å². The van der Waals surface area contributed by atoms with Crippen molar-refractivity contribution in [1.82, 2.24) is 5.32 Å². The maximum atomic E-state index is 12.3. The van der Waals surface area contributed by atoms with Crippen LogP contribution in [0, 0.1) is 17.8 Å². The van der Waals surface area contributed by atoms with E-state index in [-0.39, 0.29) is 11.8 Å². The van der Waals surface area contributed by atoms with E-state index in [9.17, 15) is 4.79 Å². The molecule has 2 unspecified atom stereocenters. The third-order valence-electron chi connectivity index (χ3n) is 4.29. The van der Waals surface area contributed by atoms with E-state index in [2.05, 4.69) is 26.1 Å². The van der Waals surface area contributed by atoms with E-state index in [1.165, 1.54) is 36.2 Å². The highest BCUT2D eigenvalue weighted by Crippen LogP contribution is 2.39. The van der Waals surface area contributed by atoms with Gasteiger partial charge in [0.05, 0.1) is 5.92 Å². The number of rotatable bonds is 6. The maximum absolute atomic E-state index is 12.3. The Balaban J connectivity index is 1.99. The highest BCUT2D eigenvalue weighted by Gasteiger charge is 2.28. The van der Waals surface area contributed by atoms with Crippen molar-refractivity contribution in [2.75, 3.05) is 12.3 Å². The minimum absolute atomic E-state index is 0.0653. The molecule has 0 heterocycles. The van der Waals surface area contributed by atoms with Crippen molar-refractivity contribution in [3.8, 4) is 0 Å². The molecule has 0 aliphatic heterocycles. The first-order chi connectivity index (χ1) is 9.11. The number of allylic oxidation sites excluding steroid dienone is 1. The Kier molecular flexibility index (Phi) is 5.37. The van der Waals surface area contributed by atoms with Crippen LogP contribution in [0.5, 0.6) is 0 Å². The average molecular weight is 281 g/mol. The number of thioether (sulfide) groups is 1. The topological polar surface area (TPSA) is 29.1 Å². The molecule has 2 rings (SSSR count). The Labute approximate surface area is 121 Å². The van der Waals surface area contributed by atoms with Crippen molar-refractivity contribution in [3.05, 3.63) is 10.5 Å². The van der Waals surface area contributed by atoms with Crippen LogP contribution in [-0.4, -0.2) is 18.2 Å². The number of hydrogen-bond acceptors (Lipinski definition) is 2. The largest absolute Gasteiger partial charge is 0.355 e. The Morgan fingerprint density at radius 3 is 2.79 bits per heavy atom. The molecule has 2 nitrogen and oxygen atoms in total. The van der Waals surface area contributed by atoms with Gasteiger partial charge in [-0.3, -0.25) is 4.79 Å². The quantitative estimate of drug-likeness (QED) is 0.798. The zero-order chi connectivity index (χ0) is 13.8. The predicted octanol–water partition coefficient (Wildman–Crippen LogP) is 3.98. The molecule has 0 spiro atoms. The van der Waals surface area contributed by atoms with Gasteiger partial charge in [-0.05, 0) is 67.1 Å². The molecular formula is C16H27NOS. The highest BCUT2D eigenvalue weighted by molar-refractivity contribution is 8.03. The number of amides is 1. The molecule has 2 atom stereocenters. The van der Waals surface area contributed by atoms with Gasteiger partial charge in [0.25, 0.3) is 0 Å². The zero-order valence-corrected chi connectivity index (χ0v) is 13.3. The Morgan fingerprint density at radius 1 is 1.42 bits per heavy atom. The van der Waals surface area contributed by atoms with E-state index in [1.807, 2.05) is 11.8 Å². The van der Waals surface area contributed by atoms with Gasteiger partial charge in [0.2, 0.25) is 5.91 Å². The van der Waals surface area contributed by atoms with Crippen molar-refractivity contribution in [3.63, 3.8) is 0 Å². The van der Waals surface area contributed by atoms with Crippen LogP contribution in [0.15, 0.2) is 10.5 Å². The molecule has 0 bridgehead atoms. The number of nitrogens with one attached hydrogen (secondary N) is 1. The van der Waals surface area contributed by atoms with Crippen molar-refractivity contribution in [2.24, 2.45) is 17.8 Å². The fourth-order valence-electron chi connectivity index (χ4n) is 2.76. The van der Waals surface area contributed by atoms with Crippen molar-refractivity contribution in [2.45, 2.75) is 52.9 Å². The van der Waals surface area contributed by atoms with Crippen LogP contribution in [0.3, 0.4) is 0 Å². The summed E-state index contributed by atoms with van der Waals surface area (Å²) in [6.45, 7) is 7.49. The monoisotopic (exact) mass is 281 g/mol. The summed E-state index contributed by atoms with van der Waals surface area (Å²) in [4.78, 5) is 13.8. The summed E-state index contributed by atoms with van der Waals surface area (Å²) in [6, 6.07) is 0. The van der Waals surface area contributed by atoms with Crippen LogP contribution in [0.4, 0.5) is 0 Å². The van der Waals surface area contributed by atoms with Crippen LogP contribution in [0.25, 0.3) is 0 Å². The molecule has 2 aliphatic rings. The molecule has 1 N–H and O–H groups in total. The molecule has 1 saturated carbocycles. The van der Waals surface area contributed by atoms with Crippen molar-refractivity contribution in [1.29, 1.82) is 0 Å². The van der Waals surface area contributed by atoms with Crippen LogP contribution in [0.1, 0.15) is 52.9 Å². The fraction of sp³-hybridized carbons (Fsp3) is 0.812. The molecule has 3 heteroatoms. The molecule has 0 aromatic heterocycles. The minimum Gasteiger partial charge on any atom is -0.355 e.